The number of likely N-dealkylation sites (tertiary alicyclic amines) is 1. The Morgan fingerprint density at radius 3 is 2.45 bits per heavy atom. The number of carbonyl (C=O) groups excluding carboxylic acids is 1. The van der Waals surface area contributed by atoms with Crippen LogP contribution in [0.4, 0.5) is 11.4 Å². The number of para-hydroxylation sites is 2. The van der Waals surface area contributed by atoms with Crippen LogP contribution in [0.3, 0.4) is 0 Å². The van der Waals surface area contributed by atoms with Crippen molar-refractivity contribution in [2.45, 2.75) is 25.0 Å². The standard InChI is InChI=1S/C22H27N3O5S/c1-24-13-11-18(12-14-24)29-17-9-7-16(8-10-17)23-22(26)21-15-25(31(2,27)28)19-5-3-4-6-20(19)30-21/h3-10,18,21H,11-15H2,1-2H3,(H,23,26). The molecule has 0 bridgehead atoms. The Labute approximate surface area is 182 Å². The third-order valence-corrected chi connectivity index (χ3v) is 6.66. The van der Waals surface area contributed by atoms with Crippen molar-refractivity contribution in [3.63, 3.8) is 0 Å². The summed E-state index contributed by atoms with van der Waals surface area (Å²) in [6, 6.07) is 14.0. The Morgan fingerprint density at radius 2 is 1.77 bits per heavy atom. The van der Waals surface area contributed by atoms with Gasteiger partial charge in [0.2, 0.25) is 10.0 Å². The zero-order chi connectivity index (χ0) is 22.0. The first-order valence-corrected chi connectivity index (χ1v) is 12.1. The largest absolute Gasteiger partial charge is 0.490 e. The maximum Gasteiger partial charge on any atom is 0.267 e. The smallest absolute Gasteiger partial charge is 0.267 e. The van der Waals surface area contributed by atoms with Crippen LogP contribution in [0.1, 0.15) is 12.8 Å². The number of sulfonamides is 1. The minimum atomic E-state index is -3.55. The highest BCUT2D eigenvalue weighted by Crippen LogP contribution is 2.34. The molecule has 1 N–H and O–H groups in total. The molecule has 1 fully saturated rings. The van der Waals surface area contributed by atoms with Gasteiger partial charge in [-0.25, -0.2) is 8.42 Å². The van der Waals surface area contributed by atoms with E-state index in [1.807, 2.05) is 12.1 Å². The minimum absolute atomic E-state index is 0.0843. The maximum atomic E-state index is 12.8. The van der Waals surface area contributed by atoms with Crippen molar-refractivity contribution in [1.82, 2.24) is 4.90 Å². The number of amides is 1. The molecule has 166 valence electrons. The molecule has 0 aliphatic carbocycles. The van der Waals surface area contributed by atoms with Crippen molar-refractivity contribution < 1.29 is 22.7 Å². The number of piperidine rings is 1. The summed E-state index contributed by atoms with van der Waals surface area (Å²) in [6.07, 6.45) is 2.35. The minimum Gasteiger partial charge on any atom is -0.490 e. The molecule has 0 aromatic heterocycles. The molecule has 0 spiro atoms. The van der Waals surface area contributed by atoms with Gasteiger partial charge in [0.15, 0.2) is 6.10 Å². The number of fused-ring (bicyclic) bond motifs is 1. The molecule has 2 aliphatic rings. The van der Waals surface area contributed by atoms with Crippen LogP contribution >= 0.6 is 0 Å². The number of hydrogen-bond donors (Lipinski definition) is 1. The summed E-state index contributed by atoms with van der Waals surface area (Å²) in [7, 11) is -1.44. The molecule has 1 unspecified atom stereocenters. The predicted octanol–water partition coefficient (Wildman–Crippen LogP) is 2.33. The van der Waals surface area contributed by atoms with E-state index in [9.17, 15) is 13.2 Å². The lowest BCUT2D eigenvalue weighted by molar-refractivity contribution is -0.122. The van der Waals surface area contributed by atoms with Gasteiger partial charge in [-0.3, -0.25) is 9.10 Å². The van der Waals surface area contributed by atoms with E-state index >= 15 is 0 Å². The zero-order valence-corrected chi connectivity index (χ0v) is 18.5. The summed E-state index contributed by atoms with van der Waals surface area (Å²) in [5.74, 6) is 0.715. The quantitative estimate of drug-likeness (QED) is 0.760. The second-order valence-electron chi connectivity index (χ2n) is 8.00. The van der Waals surface area contributed by atoms with E-state index in [2.05, 4.69) is 17.3 Å². The maximum absolute atomic E-state index is 12.8. The van der Waals surface area contributed by atoms with Crippen LogP contribution < -0.4 is 19.1 Å². The number of carbonyl (C=O) groups is 1. The van der Waals surface area contributed by atoms with E-state index < -0.39 is 22.0 Å². The molecule has 1 saturated heterocycles. The average Bonchev–Trinajstić information content (AvgIpc) is 2.75. The summed E-state index contributed by atoms with van der Waals surface area (Å²) in [5, 5.41) is 2.80. The molecule has 0 saturated carbocycles. The average molecular weight is 446 g/mol. The van der Waals surface area contributed by atoms with Gasteiger partial charge >= 0.3 is 0 Å². The summed E-state index contributed by atoms with van der Waals surface area (Å²) in [5.41, 5.74) is 1.03. The van der Waals surface area contributed by atoms with E-state index in [1.54, 1.807) is 36.4 Å². The predicted molar refractivity (Wildman–Crippen MR) is 119 cm³/mol. The highest BCUT2D eigenvalue weighted by atomic mass is 32.2. The summed E-state index contributed by atoms with van der Waals surface area (Å²) >= 11 is 0. The Bertz CT molecular complexity index is 1030. The zero-order valence-electron chi connectivity index (χ0n) is 17.7. The fraction of sp³-hybridized carbons (Fsp3) is 0.409. The first-order chi connectivity index (χ1) is 14.8. The van der Waals surface area contributed by atoms with Gasteiger partial charge in [-0.2, -0.15) is 0 Å². The van der Waals surface area contributed by atoms with Gasteiger partial charge in [-0.15, -0.1) is 0 Å². The van der Waals surface area contributed by atoms with Crippen molar-refractivity contribution in [3.05, 3.63) is 48.5 Å². The molecule has 1 atom stereocenters. The summed E-state index contributed by atoms with van der Waals surface area (Å²) < 4.78 is 37.4. The molecule has 0 radical (unpaired) electrons. The molecule has 1 amide bonds. The third-order valence-electron chi connectivity index (χ3n) is 5.52. The Morgan fingerprint density at radius 1 is 1.10 bits per heavy atom. The number of ether oxygens (including phenoxy) is 2. The van der Waals surface area contributed by atoms with E-state index in [0.717, 1.165) is 37.9 Å². The Balaban J connectivity index is 1.40. The van der Waals surface area contributed by atoms with Crippen molar-refractivity contribution in [3.8, 4) is 11.5 Å². The van der Waals surface area contributed by atoms with Crippen molar-refractivity contribution in [2.24, 2.45) is 0 Å². The number of benzene rings is 2. The molecule has 9 heteroatoms. The molecule has 4 rings (SSSR count). The molecule has 2 aromatic carbocycles. The first kappa shape index (κ1) is 21.5. The van der Waals surface area contributed by atoms with Gasteiger partial charge in [-0.05, 0) is 56.3 Å². The van der Waals surface area contributed by atoms with Crippen LogP contribution in [0.15, 0.2) is 48.5 Å². The fourth-order valence-electron chi connectivity index (χ4n) is 3.79. The molecule has 2 aromatic rings. The van der Waals surface area contributed by atoms with Crippen molar-refractivity contribution in [1.29, 1.82) is 0 Å². The van der Waals surface area contributed by atoms with E-state index in [-0.39, 0.29) is 12.6 Å². The van der Waals surface area contributed by atoms with Gasteiger partial charge in [0.1, 0.15) is 17.6 Å². The van der Waals surface area contributed by atoms with Gasteiger partial charge < -0.3 is 19.7 Å². The number of rotatable bonds is 5. The van der Waals surface area contributed by atoms with Crippen molar-refractivity contribution >= 4 is 27.3 Å². The molecule has 31 heavy (non-hydrogen) atoms. The second-order valence-corrected chi connectivity index (χ2v) is 9.91. The lowest BCUT2D eigenvalue weighted by Gasteiger charge is -2.33. The van der Waals surface area contributed by atoms with Crippen molar-refractivity contribution in [2.75, 3.05) is 42.6 Å². The van der Waals surface area contributed by atoms with Gasteiger partial charge in [-0.1, -0.05) is 12.1 Å². The second kappa shape index (κ2) is 8.76. The van der Waals surface area contributed by atoms with Crippen LogP contribution in [0.25, 0.3) is 0 Å². The highest BCUT2D eigenvalue weighted by molar-refractivity contribution is 7.92. The highest BCUT2D eigenvalue weighted by Gasteiger charge is 2.34. The van der Waals surface area contributed by atoms with E-state index in [0.29, 0.717) is 17.1 Å². The molecule has 2 aliphatic heterocycles. The summed E-state index contributed by atoms with van der Waals surface area (Å²) in [6.45, 7) is 1.96. The topological polar surface area (TPSA) is 88.2 Å². The lowest BCUT2D eigenvalue weighted by atomic mass is 10.1. The fourth-order valence-corrected chi connectivity index (χ4v) is 4.70. The lowest BCUT2D eigenvalue weighted by Crippen LogP contribution is -2.48. The molecular formula is C22H27N3O5S. The van der Waals surface area contributed by atoms with Gasteiger partial charge in [0.25, 0.3) is 5.91 Å². The number of nitrogens with one attached hydrogen (secondary N) is 1. The number of anilines is 2. The third kappa shape index (κ3) is 5.11. The molecule has 8 nitrogen and oxygen atoms in total. The summed E-state index contributed by atoms with van der Waals surface area (Å²) in [4.78, 5) is 15.1. The van der Waals surface area contributed by atoms with Crippen LogP contribution in [-0.2, 0) is 14.8 Å². The van der Waals surface area contributed by atoms with Gasteiger partial charge in [0, 0.05) is 18.8 Å². The Hall–Kier alpha value is -2.78. The first-order valence-electron chi connectivity index (χ1n) is 10.3. The normalized spacial score (nSPS) is 19.9. The number of nitrogens with zero attached hydrogens (tertiary/aromatic N) is 2. The SMILES string of the molecule is CN1CCC(Oc2ccc(NC(=O)C3CN(S(C)(=O)=O)c4ccccc4O3)cc2)CC1. The van der Waals surface area contributed by atoms with E-state index in [4.69, 9.17) is 9.47 Å². The monoisotopic (exact) mass is 445 g/mol. The molecule has 2 heterocycles. The van der Waals surface area contributed by atoms with Crippen LogP contribution in [0.5, 0.6) is 11.5 Å². The molecular weight excluding hydrogens is 418 g/mol. The van der Waals surface area contributed by atoms with Gasteiger partial charge in [0.05, 0.1) is 18.5 Å². The van der Waals surface area contributed by atoms with Crippen LogP contribution in [-0.4, -0.2) is 64.4 Å². The van der Waals surface area contributed by atoms with Crippen LogP contribution in [0.2, 0.25) is 0 Å². The van der Waals surface area contributed by atoms with Crippen LogP contribution in [0, 0.1) is 0 Å². The van der Waals surface area contributed by atoms with E-state index in [1.165, 1.54) is 4.31 Å². The number of hydrogen-bond acceptors (Lipinski definition) is 6. The Kier molecular flexibility index (Phi) is 6.06.